The summed E-state index contributed by atoms with van der Waals surface area (Å²) in [5.41, 5.74) is 5.99. The van der Waals surface area contributed by atoms with Gasteiger partial charge in [0.25, 0.3) is 0 Å². The van der Waals surface area contributed by atoms with Gasteiger partial charge in [0.15, 0.2) is 0 Å². The topological polar surface area (TPSA) is 49.6 Å². The van der Waals surface area contributed by atoms with Gasteiger partial charge in [-0.25, -0.2) is 0 Å². The van der Waals surface area contributed by atoms with E-state index in [4.69, 9.17) is 5.73 Å². The molecule has 0 bridgehead atoms. The molecule has 16 heavy (non-hydrogen) atoms. The van der Waals surface area contributed by atoms with Gasteiger partial charge in [0, 0.05) is 25.2 Å². The molecule has 2 saturated heterocycles. The van der Waals surface area contributed by atoms with Gasteiger partial charge in [-0.1, -0.05) is 6.42 Å². The fraction of sp³-hybridized carbons (Fsp3) is 0.917. The highest BCUT2D eigenvalue weighted by Gasteiger charge is 2.29. The quantitative estimate of drug-likeness (QED) is 0.757. The van der Waals surface area contributed by atoms with Crippen LogP contribution in [0.5, 0.6) is 0 Å². The van der Waals surface area contributed by atoms with Crippen molar-refractivity contribution in [1.82, 2.24) is 9.80 Å². The molecule has 2 atom stereocenters. The van der Waals surface area contributed by atoms with E-state index < -0.39 is 0 Å². The van der Waals surface area contributed by atoms with Crippen LogP contribution in [0.2, 0.25) is 0 Å². The van der Waals surface area contributed by atoms with Gasteiger partial charge in [-0.2, -0.15) is 0 Å². The van der Waals surface area contributed by atoms with Crippen molar-refractivity contribution in [2.75, 3.05) is 26.2 Å². The van der Waals surface area contributed by atoms with Crippen molar-refractivity contribution in [3.8, 4) is 0 Å². The average molecular weight is 225 g/mol. The van der Waals surface area contributed by atoms with Gasteiger partial charge >= 0.3 is 0 Å². The molecule has 2 unspecified atom stereocenters. The zero-order valence-corrected chi connectivity index (χ0v) is 10.2. The third kappa shape index (κ3) is 2.55. The smallest absolute Gasteiger partial charge is 0.236 e. The lowest BCUT2D eigenvalue weighted by Gasteiger charge is -2.40. The van der Waals surface area contributed by atoms with E-state index in [1.807, 2.05) is 4.90 Å². The van der Waals surface area contributed by atoms with Gasteiger partial charge in [-0.15, -0.1) is 0 Å². The minimum Gasteiger partial charge on any atom is -0.341 e. The summed E-state index contributed by atoms with van der Waals surface area (Å²) in [5.74, 6) is 0.291. The minimum atomic E-state index is 0.171. The molecule has 2 heterocycles. The van der Waals surface area contributed by atoms with E-state index in [2.05, 4.69) is 11.8 Å². The van der Waals surface area contributed by atoms with Crippen molar-refractivity contribution >= 4 is 5.91 Å². The van der Waals surface area contributed by atoms with Crippen LogP contribution in [0.25, 0.3) is 0 Å². The minimum absolute atomic E-state index is 0.171. The SMILES string of the molecule is CC(N)C1CCCCN1CC(=O)N1CCC1. The first-order valence-electron chi connectivity index (χ1n) is 6.46. The number of amides is 1. The number of rotatable bonds is 3. The van der Waals surface area contributed by atoms with E-state index in [1.54, 1.807) is 0 Å². The van der Waals surface area contributed by atoms with E-state index in [0.717, 1.165) is 26.1 Å². The molecule has 0 aromatic heterocycles. The molecular weight excluding hydrogens is 202 g/mol. The zero-order chi connectivity index (χ0) is 11.5. The van der Waals surface area contributed by atoms with Crippen LogP contribution in [0.15, 0.2) is 0 Å². The van der Waals surface area contributed by atoms with Gasteiger partial charge in [0.05, 0.1) is 6.54 Å². The van der Waals surface area contributed by atoms with Crippen LogP contribution < -0.4 is 5.73 Å². The first-order valence-corrected chi connectivity index (χ1v) is 6.46. The summed E-state index contributed by atoms with van der Waals surface area (Å²) in [6.07, 6.45) is 4.77. The summed E-state index contributed by atoms with van der Waals surface area (Å²) < 4.78 is 0. The molecule has 0 saturated carbocycles. The molecule has 2 aliphatic rings. The average Bonchev–Trinajstić information content (AvgIpc) is 2.15. The first kappa shape index (κ1) is 11.9. The number of carbonyl (C=O) groups is 1. The molecule has 4 heteroatoms. The van der Waals surface area contributed by atoms with Crippen molar-refractivity contribution in [3.05, 3.63) is 0 Å². The molecule has 2 aliphatic heterocycles. The molecule has 0 aromatic rings. The highest BCUT2D eigenvalue weighted by molar-refractivity contribution is 5.79. The summed E-state index contributed by atoms with van der Waals surface area (Å²) in [6, 6.07) is 0.573. The summed E-state index contributed by atoms with van der Waals surface area (Å²) in [5, 5.41) is 0. The summed E-state index contributed by atoms with van der Waals surface area (Å²) in [7, 11) is 0. The molecule has 2 N–H and O–H groups in total. The molecule has 4 nitrogen and oxygen atoms in total. The standard InChI is InChI=1S/C12H23N3O/c1-10(13)11-5-2-3-6-15(11)9-12(16)14-7-4-8-14/h10-11H,2-9,13H2,1H3. The van der Waals surface area contributed by atoms with Gasteiger partial charge in [0.2, 0.25) is 5.91 Å². The number of hydrogen-bond donors (Lipinski definition) is 1. The lowest BCUT2D eigenvalue weighted by molar-refractivity contribution is -0.136. The lowest BCUT2D eigenvalue weighted by atomic mass is 9.97. The lowest BCUT2D eigenvalue weighted by Crippen LogP contribution is -2.54. The van der Waals surface area contributed by atoms with Gasteiger partial charge in [-0.3, -0.25) is 9.69 Å². The fourth-order valence-electron chi connectivity index (χ4n) is 2.65. The third-order valence-corrected chi connectivity index (χ3v) is 3.82. The number of likely N-dealkylation sites (tertiary alicyclic amines) is 2. The number of nitrogens with zero attached hydrogens (tertiary/aromatic N) is 2. The maximum Gasteiger partial charge on any atom is 0.236 e. The summed E-state index contributed by atoms with van der Waals surface area (Å²) in [4.78, 5) is 16.1. The maximum atomic E-state index is 11.9. The van der Waals surface area contributed by atoms with Crippen LogP contribution >= 0.6 is 0 Å². The van der Waals surface area contributed by atoms with Crippen LogP contribution in [0.3, 0.4) is 0 Å². The summed E-state index contributed by atoms with van der Waals surface area (Å²) in [6.45, 7) is 5.57. The predicted molar refractivity (Wildman–Crippen MR) is 64.1 cm³/mol. The Morgan fingerprint density at radius 3 is 2.62 bits per heavy atom. The highest BCUT2D eigenvalue weighted by atomic mass is 16.2. The second kappa shape index (κ2) is 5.15. The molecule has 1 amide bonds. The molecule has 92 valence electrons. The number of hydrogen-bond acceptors (Lipinski definition) is 3. The van der Waals surface area contributed by atoms with Crippen molar-refractivity contribution in [3.63, 3.8) is 0 Å². The van der Waals surface area contributed by atoms with Crippen LogP contribution in [0.1, 0.15) is 32.6 Å². The molecule has 2 rings (SSSR count). The second-order valence-corrected chi connectivity index (χ2v) is 5.13. The molecule has 0 aliphatic carbocycles. The number of carbonyl (C=O) groups excluding carboxylic acids is 1. The van der Waals surface area contributed by atoms with E-state index in [9.17, 15) is 4.79 Å². The fourth-order valence-corrected chi connectivity index (χ4v) is 2.65. The van der Waals surface area contributed by atoms with Crippen LogP contribution in [-0.2, 0) is 4.79 Å². The third-order valence-electron chi connectivity index (χ3n) is 3.82. The monoisotopic (exact) mass is 225 g/mol. The molecule has 0 spiro atoms. The van der Waals surface area contributed by atoms with E-state index in [-0.39, 0.29) is 6.04 Å². The van der Waals surface area contributed by atoms with E-state index in [1.165, 1.54) is 19.3 Å². The number of nitrogens with two attached hydrogens (primary N) is 1. The Morgan fingerprint density at radius 1 is 1.31 bits per heavy atom. The van der Waals surface area contributed by atoms with Crippen molar-refractivity contribution < 1.29 is 4.79 Å². The Hall–Kier alpha value is -0.610. The Balaban J connectivity index is 1.87. The normalized spacial score (nSPS) is 28.6. The van der Waals surface area contributed by atoms with E-state index >= 15 is 0 Å². The van der Waals surface area contributed by atoms with E-state index in [0.29, 0.717) is 18.5 Å². The van der Waals surface area contributed by atoms with Gasteiger partial charge < -0.3 is 10.6 Å². The largest absolute Gasteiger partial charge is 0.341 e. The second-order valence-electron chi connectivity index (χ2n) is 5.13. The Morgan fingerprint density at radius 2 is 2.06 bits per heavy atom. The zero-order valence-electron chi connectivity index (χ0n) is 10.2. The highest BCUT2D eigenvalue weighted by Crippen LogP contribution is 2.19. The predicted octanol–water partition coefficient (Wildman–Crippen LogP) is 0.420. The van der Waals surface area contributed by atoms with Crippen LogP contribution in [0, 0.1) is 0 Å². The van der Waals surface area contributed by atoms with Gasteiger partial charge in [-0.05, 0) is 32.7 Å². The van der Waals surface area contributed by atoms with Crippen LogP contribution in [-0.4, -0.2) is 54.0 Å². The van der Waals surface area contributed by atoms with Crippen molar-refractivity contribution in [1.29, 1.82) is 0 Å². The van der Waals surface area contributed by atoms with Crippen LogP contribution in [0.4, 0.5) is 0 Å². The molecule has 0 aromatic carbocycles. The Kier molecular flexibility index (Phi) is 3.82. The van der Waals surface area contributed by atoms with Crippen molar-refractivity contribution in [2.24, 2.45) is 5.73 Å². The van der Waals surface area contributed by atoms with Crippen molar-refractivity contribution in [2.45, 2.75) is 44.7 Å². The molecule has 2 fully saturated rings. The maximum absolute atomic E-state index is 11.9. The molecular formula is C12H23N3O. The summed E-state index contributed by atoms with van der Waals surface area (Å²) >= 11 is 0. The van der Waals surface area contributed by atoms with Gasteiger partial charge in [0.1, 0.15) is 0 Å². The number of piperidine rings is 1. The Labute approximate surface area is 97.8 Å². The molecule has 0 radical (unpaired) electrons. The first-order chi connectivity index (χ1) is 7.68. The Bertz CT molecular complexity index is 251.